The second kappa shape index (κ2) is 9.77. The van der Waals surface area contributed by atoms with Crippen molar-refractivity contribution in [1.29, 1.82) is 0 Å². The molecule has 0 amide bonds. The zero-order valence-corrected chi connectivity index (χ0v) is 16.0. The van der Waals surface area contributed by atoms with Gasteiger partial charge in [0, 0.05) is 10.0 Å². The first-order valence-corrected chi connectivity index (χ1v) is 8.81. The summed E-state index contributed by atoms with van der Waals surface area (Å²) in [5.41, 5.74) is 0.757. The summed E-state index contributed by atoms with van der Waals surface area (Å²) in [5.74, 6) is 0.0609. The van der Waals surface area contributed by atoms with Crippen molar-refractivity contribution in [2.75, 3.05) is 19.8 Å². The zero-order valence-electron chi connectivity index (χ0n) is 14.4. The number of carbonyl (C=O) groups is 2. The van der Waals surface area contributed by atoms with Gasteiger partial charge in [-0.2, -0.15) is 0 Å². The Balaban J connectivity index is 2.03. The van der Waals surface area contributed by atoms with Gasteiger partial charge >= 0.3 is 5.97 Å². The Morgan fingerprint density at radius 3 is 2.38 bits per heavy atom. The molecule has 0 heterocycles. The third-order valence-electron chi connectivity index (χ3n) is 3.34. The fourth-order valence-electron chi connectivity index (χ4n) is 2.10. The van der Waals surface area contributed by atoms with Crippen LogP contribution in [0.1, 0.15) is 27.6 Å². The van der Waals surface area contributed by atoms with Crippen LogP contribution in [0.15, 0.2) is 59.6 Å². The summed E-state index contributed by atoms with van der Waals surface area (Å²) in [4.78, 5) is 24.3. The Morgan fingerprint density at radius 1 is 1.04 bits per heavy atom. The van der Waals surface area contributed by atoms with Crippen LogP contribution >= 0.6 is 15.9 Å². The summed E-state index contributed by atoms with van der Waals surface area (Å²) >= 11 is 3.30. The highest BCUT2D eigenvalue weighted by molar-refractivity contribution is 9.10. The quantitative estimate of drug-likeness (QED) is 0.341. The molecule has 0 aliphatic rings. The Morgan fingerprint density at radius 2 is 1.73 bits per heavy atom. The maximum atomic E-state index is 12.2. The lowest BCUT2D eigenvalue weighted by atomic mass is 10.1. The smallest absolute Gasteiger partial charge is 0.338 e. The lowest BCUT2D eigenvalue weighted by molar-refractivity contribution is 0.0474. The van der Waals surface area contributed by atoms with Gasteiger partial charge in [0.1, 0.15) is 6.61 Å². The van der Waals surface area contributed by atoms with Crippen LogP contribution in [0.3, 0.4) is 0 Å². The predicted molar refractivity (Wildman–Crippen MR) is 102 cm³/mol. The van der Waals surface area contributed by atoms with E-state index in [1.807, 2.05) is 6.92 Å². The van der Waals surface area contributed by atoms with Crippen molar-refractivity contribution in [3.63, 3.8) is 0 Å². The molecule has 2 aromatic carbocycles. The van der Waals surface area contributed by atoms with E-state index < -0.39 is 5.97 Å². The van der Waals surface area contributed by atoms with Gasteiger partial charge in [-0.25, -0.2) is 4.79 Å². The molecule has 26 heavy (non-hydrogen) atoms. The number of ether oxygens (including phenoxy) is 3. The molecule has 0 aromatic heterocycles. The fourth-order valence-corrected chi connectivity index (χ4v) is 2.37. The lowest BCUT2D eigenvalue weighted by Gasteiger charge is -2.12. The minimum absolute atomic E-state index is 0.276. The van der Waals surface area contributed by atoms with Gasteiger partial charge in [0.25, 0.3) is 0 Å². The van der Waals surface area contributed by atoms with Crippen LogP contribution in [0.25, 0.3) is 0 Å². The van der Waals surface area contributed by atoms with E-state index in [0.29, 0.717) is 30.3 Å². The normalized spacial score (nSPS) is 10.1. The molecule has 0 N–H and O–H groups in total. The van der Waals surface area contributed by atoms with E-state index in [0.717, 1.165) is 4.47 Å². The molecule has 0 aliphatic heterocycles. The number of halogens is 1. The molecule has 2 rings (SSSR count). The number of Topliss-reactive ketones (excluding diaryl/α,β-unsaturated/α-hetero) is 1. The van der Waals surface area contributed by atoms with Crippen LogP contribution in [0.4, 0.5) is 0 Å². The summed E-state index contributed by atoms with van der Waals surface area (Å²) in [5, 5.41) is 0. The fraction of sp³-hybridized carbons (Fsp3) is 0.200. The lowest BCUT2D eigenvalue weighted by Crippen LogP contribution is -2.14. The predicted octanol–water partition coefficient (Wildman–Crippen LogP) is 4.45. The third kappa shape index (κ3) is 5.46. The molecule has 0 bridgehead atoms. The highest BCUT2D eigenvalue weighted by Gasteiger charge is 2.15. The summed E-state index contributed by atoms with van der Waals surface area (Å²) < 4.78 is 17.0. The van der Waals surface area contributed by atoms with Crippen LogP contribution in [-0.2, 0) is 4.74 Å². The van der Waals surface area contributed by atoms with Gasteiger partial charge in [0.05, 0.1) is 12.2 Å². The molecular formula is C20H19BrO5. The van der Waals surface area contributed by atoms with Crippen LogP contribution in [0.2, 0.25) is 0 Å². The highest BCUT2D eigenvalue weighted by atomic mass is 79.9. The molecule has 0 fully saturated rings. The topological polar surface area (TPSA) is 61.8 Å². The van der Waals surface area contributed by atoms with E-state index in [2.05, 4.69) is 22.5 Å². The molecular weight excluding hydrogens is 400 g/mol. The van der Waals surface area contributed by atoms with Crippen LogP contribution < -0.4 is 9.47 Å². The minimum Gasteiger partial charge on any atom is -0.490 e. The molecule has 136 valence electrons. The Hall–Kier alpha value is -2.60. The average Bonchev–Trinajstić information content (AvgIpc) is 2.65. The van der Waals surface area contributed by atoms with Gasteiger partial charge < -0.3 is 14.2 Å². The van der Waals surface area contributed by atoms with Gasteiger partial charge in [-0.1, -0.05) is 40.7 Å². The maximum absolute atomic E-state index is 12.2. The summed E-state index contributed by atoms with van der Waals surface area (Å²) in [6.07, 6.45) is 1.62. The van der Waals surface area contributed by atoms with Crippen molar-refractivity contribution in [3.05, 3.63) is 70.7 Å². The number of hydrogen-bond acceptors (Lipinski definition) is 5. The van der Waals surface area contributed by atoms with E-state index in [1.165, 1.54) is 6.07 Å². The molecule has 5 nitrogen and oxygen atoms in total. The number of rotatable bonds is 9. The number of esters is 1. The Kier molecular flexibility index (Phi) is 7.41. The average molecular weight is 419 g/mol. The molecule has 0 saturated carbocycles. The van der Waals surface area contributed by atoms with Crippen LogP contribution in [0.5, 0.6) is 11.5 Å². The summed E-state index contributed by atoms with van der Waals surface area (Å²) in [6, 6.07) is 11.6. The van der Waals surface area contributed by atoms with Gasteiger partial charge in [0.2, 0.25) is 0 Å². The molecule has 2 aromatic rings. The Bertz CT molecular complexity index is 783. The van der Waals surface area contributed by atoms with Gasteiger partial charge in [-0.3, -0.25) is 4.79 Å². The molecule has 0 saturated heterocycles. The zero-order chi connectivity index (χ0) is 18.9. The van der Waals surface area contributed by atoms with Crippen molar-refractivity contribution in [3.8, 4) is 11.5 Å². The second-order valence-corrected chi connectivity index (χ2v) is 6.12. The van der Waals surface area contributed by atoms with E-state index in [1.54, 1.807) is 42.5 Å². The highest BCUT2D eigenvalue weighted by Crippen LogP contribution is 2.29. The molecule has 0 aliphatic carbocycles. The largest absolute Gasteiger partial charge is 0.490 e. The number of carbonyl (C=O) groups excluding carboxylic acids is 2. The van der Waals surface area contributed by atoms with E-state index in [-0.39, 0.29) is 18.0 Å². The van der Waals surface area contributed by atoms with E-state index in [9.17, 15) is 9.59 Å². The second-order valence-electron chi connectivity index (χ2n) is 5.20. The van der Waals surface area contributed by atoms with Crippen molar-refractivity contribution >= 4 is 27.7 Å². The molecule has 0 spiro atoms. The van der Waals surface area contributed by atoms with E-state index in [4.69, 9.17) is 14.2 Å². The maximum Gasteiger partial charge on any atom is 0.338 e. The third-order valence-corrected chi connectivity index (χ3v) is 3.87. The number of benzene rings is 2. The Labute approximate surface area is 160 Å². The van der Waals surface area contributed by atoms with E-state index >= 15 is 0 Å². The number of hydrogen-bond donors (Lipinski definition) is 0. The molecule has 6 heteroatoms. The van der Waals surface area contributed by atoms with Crippen molar-refractivity contribution < 1.29 is 23.8 Å². The van der Waals surface area contributed by atoms with Gasteiger partial charge in [-0.05, 0) is 37.3 Å². The molecule has 0 radical (unpaired) electrons. The van der Waals surface area contributed by atoms with Crippen LogP contribution in [-0.4, -0.2) is 31.6 Å². The van der Waals surface area contributed by atoms with Crippen molar-refractivity contribution in [1.82, 2.24) is 0 Å². The monoisotopic (exact) mass is 418 g/mol. The van der Waals surface area contributed by atoms with Gasteiger partial charge in [0.15, 0.2) is 23.9 Å². The van der Waals surface area contributed by atoms with Gasteiger partial charge in [-0.15, -0.1) is 0 Å². The molecule has 0 unspecified atom stereocenters. The SMILES string of the molecule is C=CCOc1ccc(C(=O)OCC(=O)c2ccc(Br)cc2)cc1OCC. The minimum atomic E-state index is -0.605. The standard InChI is InChI=1S/C20H19BrO5/c1-3-11-25-18-10-7-15(12-19(18)24-4-2)20(23)26-13-17(22)14-5-8-16(21)9-6-14/h3,5-10,12H,1,4,11,13H2,2H3. The summed E-state index contributed by atoms with van der Waals surface area (Å²) in [7, 11) is 0. The van der Waals surface area contributed by atoms with Crippen LogP contribution in [0, 0.1) is 0 Å². The van der Waals surface area contributed by atoms with Crippen molar-refractivity contribution in [2.45, 2.75) is 6.92 Å². The molecule has 0 atom stereocenters. The first-order valence-electron chi connectivity index (χ1n) is 8.01. The number of ketones is 1. The first-order chi connectivity index (χ1) is 12.5. The first kappa shape index (κ1) is 19.7. The van der Waals surface area contributed by atoms with Crippen molar-refractivity contribution in [2.24, 2.45) is 0 Å². The summed E-state index contributed by atoms with van der Waals surface area (Å²) in [6.45, 7) is 5.84.